The molecule has 21 heavy (non-hydrogen) atoms. The topological polar surface area (TPSA) is 51.9 Å². The molecule has 2 aromatic carbocycles. The van der Waals surface area contributed by atoms with E-state index >= 15 is 0 Å². The number of hydrogen-bond acceptors (Lipinski definition) is 2. The van der Waals surface area contributed by atoms with Crippen LogP contribution < -0.4 is 16.2 Å². The fourth-order valence-corrected chi connectivity index (χ4v) is 2.98. The van der Waals surface area contributed by atoms with Gasteiger partial charge in [0.1, 0.15) is 11.5 Å². The van der Waals surface area contributed by atoms with Gasteiger partial charge >= 0.3 is 0 Å². The van der Waals surface area contributed by atoms with Crippen LogP contribution in [-0.4, -0.2) is 10.1 Å². The summed E-state index contributed by atoms with van der Waals surface area (Å²) in [5, 5.41) is 4.86. The van der Waals surface area contributed by atoms with Gasteiger partial charge in [-0.15, -0.1) is 0 Å². The molecule has 104 valence electrons. The van der Waals surface area contributed by atoms with Gasteiger partial charge in [0.15, 0.2) is 5.11 Å². The van der Waals surface area contributed by atoms with Crippen LogP contribution in [0.25, 0.3) is 22.0 Å². The highest BCUT2D eigenvalue weighted by Gasteiger charge is 2.20. The summed E-state index contributed by atoms with van der Waals surface area (Å²) in [5.41, 5.74) is 11.9. The molecule has 4 nitrogen and oxygen atoms in total. The SMILES string of the molecule is Cc1ccccc1-c1cccc2[nH]c3c(c12)NNC(=S)N3. The molecule has 0 aliphatic carbocycles. The molecule has 3 aromatic rings. The number of hydrazine groups is 1. The highest BCUT2D eigenvalue weighted by molar-refractivity contribution is 7.80. The molecule has 0 unspecified atom stereocenters. The summed E-state index contributed by atoms with van der Waals surface area (Å²) in [4.78, 5) is 3.37. The van der Waals surface area contributed by atoms with E-state index in [9.17, 15) is 0 Å². The Kier molecular flexibility index (Phi) is 2.62. The van der Waals surface area contributed by atoms with Crippen molar-refractivity contribution in [2.75, 3.05) is 10.7 Å². The van der Waals surface area contributed by atoms with Gasteiger partial charge in [0.2, 0.25) is 0 Å². The number of hydrogen-bond donors (Lipinski definition) is 4. The lowest BCUT2D eigenvalue weighted by Crippen LogP contribution is -2.37. The van der Waals surface area contributed by atoms with E-state index in [-0.39, 0.29) is 0 Å². The Morgan fingerprint density at radius 2 is 1.71 bits per heavy atom. The van der Waals surface area contributed by atoms with Gasteiger partial charge in [0.05, 0.1) is 0 Å². The van der Waals surface area contributed by atoms with Gasteiger partial charge in [-0.3, -0.25) is 10.9 Å². The molecular formula is C16H14N4S. The molecular weight excluding hydrogens is 280 g/mol. The number of thiocarbonyl (C=S) groups is 1. The van der Waals surface area contributed by atoms with Crippen molar-refractivity contribution in [2.45, 2.75) is 6.92 Å². The van der Waals surface area contributed by atoms with E-state index in [1.807, 2.05) is 0 Å². The molecule has 1 aliphatic heterocycles. The van der Waals surface area contributed by atoms with Gasteiger partial charge in [-0.2, -0.15) is 0 Å². The summed E-state index contributed by atoms with van der Waals surface area (Å²) in [5.74, 6) is 0.898. The van der Waals surface area contributed by atoms with Crippen LogP contribution in [0.2, 0.25) is 0 Å². The second kappa shape index (κ2) is 4.49. The summed E-state index contributed by atoms with van der Waals surface area (Å²) in [6.07, 6.45) is 0. The highest BCUT2D eigenvalue weighted by Crippen LogP contribution is 2.40. The predicted molar refractivity (Wildman–Crippen MR) is 91.5 cm³/mol. The summed E-state index contributed by atoms with van der Waals surface area (Å²) in [6, 6.07) is 14.7. The molecule has 1 aliphatic rings. The van der Waals surface area contributed by atoms with Crippen LogP contribution in [0.1, 0.15) is 5.56 Å². The van der Waals surface area contributed by atoms with Gasteiger partial charge < -0.3 is 10.3 Å². The first-order chi connectivity index (χ1) is 10.2. The minimum Gasteiger partial charge on any atom is -0.339 e. The van der Waals surface area contributed by atoms with Crippen molar-refractivity contribution < 1.29 is 0 Å². The van der Waals surface area contributed by atoms with E-state index < -0.39 is 0 Å². The second-order valence-corrected chi connectivity index (χ2v) is 5.53. The van der Waals surface area contributed by atoms with E-state index in [1.54, 1.807) is 0 Å². The van der Waals surface area contributed by atoms with Crippen LogP contribution in [-0.2, 0) is 0 Å². The molecule has 4 N–H and O–H groups in total. The normalized spacial score (nSPS) is 13.3. The molecule has 1 aromatic heterocycles. The van der Waals surface area contributed by atoms with Crippen LogP contribution in [0, 0.1) is 6.92 Å². The standard InChI is InChI=1S/C16H14N4S/c1-9-5-2-3-6-10(9)11-7-4-8-12-13(11)14-15(17-12)18-16(21)20-19-14/h2-8,17,19H,1H3,(H2,18,20,21). The fraction of sp³-hybridized carbons (Fsp3) is 0.0625. The summed E-state index contributed by atoms with van der Waals surface area (Å²) in [6.45, 7) is 2.13. The summed E-state index contributed by atoms with van der Waals surface area (Å²) >= 11 is 5.13. The first-order valence-electron chi connectivity index (χ1n) is 6.78. The van der Waals surface area contributed by atoms with Gasteiger partial charge in [-0.05, 0) is 41.9 Å². The van der Waals surface area contributed by atoms with E-state index in [0.29, 0.717) is 5.11 Å². The molecule has 4 rings (SSSR count). The lowest BCUT2D eigenvalue weighted by Gasteiger charge is -2.19. The van der Waals surface area contributed by atoms with Crippen molar-refractivity contribution in [3.8, 4) is 11.1 Å². The van der Waals surface area contributed by atoms with E-state index in [4.69, 9.17) is 12.2 Å². The fourth-order valence-electron chi connectivity index (χ4n) is 2.83. The van der Waals surface area contributed by atoms with Crippen molar-refractivity contribution in [1.29, 1.82) is 0 Å². The Morgan fingerprint density at radius 3 is 2.57 bits per heavy atom. The molecule has 5 heteroatoms. The first-order valence-corrected chi connectivity index (χ1v) is 7.18. The van der Waals surface area contributed by atoms with Gasteiger partial charge in [0.25, 0.3) is 0 Å². The first kappa shape index (κ1) is 12.2. The highest BCUT2D eigenvalue weighted by atomic mass is 32.1. The number of fused-ring (bicyclic) bond motifs is 3. The minimum atomic E-state index is 0.562. The zero-order valence-electron chi connectivity index (χ0n) is 11.4. The average molecular weight is 294 g/mol. The number of aryl methyl sites for hydroxylation is 1. The van der Waals surface area contributed by atoms with Crippen LogP contribution in [0.3, 0.4) is 0 Å². The number of aromatic nitrogens is 1. The largest absolute Gasteiger partial charge is 0.339 e. The van der Waals surface area contributed by atoms with Crippen molar-refractivity contribution in [3.05, 3.63) is 48.0 Å². The summed E-state index contributed by atoms with van der Waals surface area (Å²) in [7, 11) is 0. The van der Waals surface area contributed by atoms with Gasteiger partial charge in [0, 0.05) is 10.9 Å². The lowest BCUT2D eigenvalue weighted by molar-refractivity contribution is 1.12. The quantitative estimate of drug-likeness (QED) is 0.516. The molecule has 0 atom stereocenters. The van der Waals surface area contributed by atoms with Crippen molar-refractivity contribution in [2.24, 2.45) is 0 Å². The Morgan fingerprint density at radius 1 is 0.905 bits per heavy atom. The average Bonchev–Trinajstić information content (AvgIpc) is 2.85. The summed E-state index contributed by atoms with van der Waals surface area (Å²) < 4.78 is 0. The number of H-pyrrole nitrogens is 1. The third-order valence-electron chi connectivity index (χ3n) is 3.80. The number of aromatic amines is 1. The zero-order valence-corrected chi connectivity index (χ0v) is 12.3. The predicted octanol–water partition coefficient (Wildman–Crippen LogP) is 3.77. The maximum atomic E-state index is 5.13. The van der Waals surface area contributed by atoms with Crippen LogP contribution >= 0.6 is 12.2 Å². The van der Waals surface area contributed by atoms with Gasteiger partial charge in [-0.1, -0.05) is 36.4 Å². The number of rotatable bonds is 1. The number of benzene rings is 2. The molecule has 0 bridgehead atoms. The Balaban J connectivity index is 2.03. The van der Waals surface area contributed by atoms with Crippen molar-refractivity contribution in [3.63, 3.8) is 0 Å². The maximum Gasteiger partial charge on any atom is 0.190 e. The Labute approximate surface area is 127 Å². The monoisotopic (exact) mass is 294 g/mol. The van der Waals surface area contributed by atoms with Crippen molar-refractivity contribution in [1.82, 2.24) is 10.4 Å². The van der Waals surface area contributed by atoms with Gasteiger partial charge in [-0.25, -0.2) is 0 Å². The van der Waals surface area contributed by atoms with E-state index in [1.165, 1.54) is 16.7 Å². The third-order valence-corrected chi connectivity index (χ3v) is 4.00. The van der Waals surface area contributed by atoms with Crippen LogP contribution in [0.4, 0.5) is 11.5 Å². The lowest BCUT2D eigenvalue weighted by atomic mass is 9.97. The third kappa shape index (κ3) is 1.86. The molecule has 0 spiro atoms. The van der Waals surface area contributed by atoms with E-state index in [0.717, 1.165) is 22.4 Å². The van der Waals surface area contributed by atoms with Crippen LogP contribution in [0.5, 0.6) is 0 Å². The molecule has 0 radical (unpaired) electrons. The minimum absolute atomic E-state index is 0.562. The number of anilines is 2. The maximum absolute atomic E-state index is 5.13. The molecule has 0 saturated carbocycles. The smallest absolute Gasteiger partial charge is 0.190 e. The molecule has 2 heterocycles. The second-order valence-electron chi connectivity index (χ2n) is 5.12. The van der Waals surface area contributed by atoms with E-state index in [2.05, 4.69) is 70.5 Å². The zero-order chi connectivity index (χ0) is 14.4. The Bertz CT molecular complexity index is 866. The Hall–Kier alpha value is -2.53. The van der Waals surface area contributed by atoms with Crippen LogP contribution in [0.15, 0.2) is 42.5 Å². The molecule has 0 amide bonds. The molecule has 0 saturated heterocycles. The van der Waals surface area contributed by atoms with Crippen molar-refractivity contribution >= 4 is 39.7 Å². The molecule has 0 fully saturated rings. The number of nitrogens with one attached hydrogen (secondary N) is 4.